The number of rotatable bonds is 86. The molecule has 0 aromatic rings. The first-order valence-electron chi connectivity index (χ1n) is 44.6. The molecule has 105 heavy (non-hydrogen) atoms. The topological polar surface area (TPSA) is 237 Å². The number of aliphatic hydroxyl groups is 1. The summed E-state index contributed by atoms with van der Waals surface area (Å²) in [5.41, 5.74) is 0. The summed E-state index contributed by atoms with van der Waals surface area (Å²) in [4.78, 5) is 73.2. The van der Waals surface area contributed by atoms with E-state index < -0.39 is 97.5 Å². The van der Waals surface area contributed by atoms with Crippen LogP contribution in [0, 0.1) is 5.92 Å². The van der Waals surface area contributed by atoms with Crippen LogP contribution in [0.3, 0.4) is 0 Å². The summed E-state index contributed by atoms with van der Waals surface area (Å²) in [6.07, 6.45) is 72.1. The van der Waals surface area contributed by atoms with Crippen molar-refractivity contribution in [1.29, 1.82) is 0 Å². The second-order valence-corrected chi connectivity index (χ2v) is 34.3. The highest BCUT2D eigenvalue weighted by atomic mass is 31.2. The van der Waals surface area contributed by atoms with E-state index in [4.69, 9.17) is 37.0 Å². The van der Waals surface area contributed by atoms with Crippen molar-refractivity contribution >= 4 is 39.5 Å². The zero-order valence-corrected chi connectivity index (χ0v) is 70.7. The highest BCUT2D eigenvalue weighted by Gasteiger charge is 2.30. The molecule has 0 radical (unpaired) electrons. The van der Waals surface area contributed by atoms with Crippen LogP contribution in [0.4, 0.5) is 0 Å². The smallest absolute Gasteiger partial charge is 0.462 e. The second kappa shape index (κ2) is 78.7. The fourth-order valence-corrected chi connectivity index (χ4v) is 15.1. The van der Waals surface area contributed by atoms with Crippen molar-refractivity contribution in [3.8, 4) is 0 Å². The van der Waals surface area contributed by atoms with E-state index >= 15 is 0 Å². The largest absolute Gasteiger partial charge is 0.472 e. The molecule has 5 atom stereocenters. The first kappa shape index (κ1) is 103. The number of unbranched alkanes of at least 4 members (excludes halogenated alkanes) is 58. The van der Waals surface area contributed by atoms with Gasteiger partial charge in [-0.2, -0.15) is 0 Å². The maximum Gasteiger partial charge on any atom is 0.472 e. The highest BCUT2D eigenvalue weighted by Crippen LogP contribution is 2.45. The molecule has 3 N–H and O–H groups in total. The molecular weight excluding hydrogens is 1370 g/mol. The van der Waals surface area contributed by atoms with Gasteiger partial charge in [0.15, 0.2) is 12.2 Å². The lowest BCUT2D eigenvalue weighted by molar-refractivity contribution is -0.161. The van der Waals surface area contributed by atoms with Crippen LogP contribution in [-0.2, 0) is 65.4 Å². The Morgan fingerprint density at radius 2 is 0.438 bits per heavy atom. The number of carbonyl (C=O) groups excluding carboxylic acids is 4. The Bertz CT molecular complexity index is 2000. The third-order valence-corrected chi connectivity index (χ3v) is 22.2. The van der Waals surface area contributed by atoms with Crippen LogP contribution in [0.1, 0.15) is 465 Å². The van der Waals surface area contributed by atoms with Gasteiger partial charge in [0, 0.05) is 25.7 Å². The van der Waals surface area contributed by atoms with Crippen LogP contribution in [0.15, 0.2) is 0 Å². The summed E-state index contributed by atoms with van der Waals surface area (Å²) in [6.45, 7) is 7.40. The Morgan fingerprint density at radius 3 is 0.648 bits per heavy atom. The molecule has 0 amide bonds. The molecule has 0 fully saturated rings. The molecule has 0 aliphatic heterocycles. The molecule has 0 aromatic heterocycles. The average Bonchev–Trinajstić information content (AvgIpc) is 0.915. The van der Waals surface area contributed by atoms with E-state index in [1.165, 1.54) is 289 Å². The van der Waals surface area contributed by atoms with Crippen LogP contribution in [-0.4, -0.2) is 96.7 Å². The molecule has 0 rings (SSSR count). The predicted molar refractivity (Wildman–Crippen MR) is 432 cm³/mol. The molecule has 0 aliphatic rings. The Kier molecular flexibility index (Phi) is 77.3. The van der Waals surface area contributed by atoms with Crippen LogP contribution < -0.4 is 0 Å². The molecule has 0 aliphatic carbocycles. The lowest BCUT2D eigenvalue weighted by Gasteiger charge is -2.21. The Balaban J connectivity index is 5.25. The number of phosphoric ester groups is 2. The van der Waals surface area contributed by atoms with E-state index in [0.29, 0.717) is 25.7 Å². The molecule has 0 saturated carbocycles. The van der Waals surface area contributed by atoms with Crippen LogP contribution in [0.5, 0.6) is 0 Å². The molecule has 2 unspecified atom stereocenters. The van der Waals surface area contributed by atoms with Gasteiger partial charge in [0.1, 0.15) is 19.3 Å². The molecule has 0 bridgehead atoms. The van der Waals surface area contributed by atoms with Gasteiger partial charge in [0.05, 0.1) is 26.4 Å². The number of esters is 4. The van der Waals surface area contributed by atoms with Crippen molar-refractivity contribution in [3.63, 3.8) is 0 Å². The fraction of sp³-hybridized carbons (Fsp3) is 0.953. The van der Waals surface area contributed by atoms with Gasteiger partial charge >= 0.3 is 39.5 Å². The van der Waals surface area contributed by atoms with Crippen molar-refractivity contribution in [2.45, 2.75) is 483 Å². The molecule has 0 saturated heterocycles. The summed E-state index contributed by atoms with van der Waals surface area (Å²) in [5.74, 6) is -1.29. The zero-order chi connectivity index (χ0) is 76.9. The van der Waals surface area contributed by atoms with Gasteiger partial charge in [-0.15, -0.1) is 0 Å². The van der Waals surface area contributed by atoms with Gasteiger partial charge in [-0.05, 0) is 31.6 Å². The first-order chi connectivity index (χ1) is 51.0. The van der Waals surface area contributed by atoms with Crippen LogP contribution >= 0.6 is 15.6 Å². The van der Waals surface area contributed by atoms with Gasteiger partial charge < -0.3 is 33.8 Å². The molecule has 0 spiro atoms. The predicted octanol–water partition coefficient (Wildman–Crippen LogP) is 26.4. The number of ether oxygens (including phenoxy) is 4. The minimum atomic E-state index is -4.97. The number of phosphoric acid groups is 2. The molecule has 17 nitrogen and oxygen atoms in total. The minimum Gasteiger partial charge on any atom is -0.462 e. The molecule has 0 aromatic carbocycles. The molecule has 624 valence electrons. The summed E-state index contributed by atoms with van der Waals surface area (Å²) in [5, 5.41) is 10.7. The van der Waals surface area contributed by atoms with E-state index in [1.807, 2.05) is 0 Å². The van der Waals surface area contributed by atoms with Crippen LogP contribution in [0.25, 0.3) is 0 Å². The Labute approximate surface area is 645 Å². The van der Waals surface area contributed by atoms with Crippen LogP contribution in [0.2, 0.25) is 0 Å². The average molecular weight is 1540 g/mol. The summed E-state index contributed by atoms with van der Waals surface area (Å²) in [6, 6.07) is 0. The lowest BCUT2D eigenvalue weighted by Crippen LogP contribution is -2.30. The maximum absolute atomic E-state index is 13.1. The quantitative estimate of drug-likeness (QED) is 0.0222. The fourth-order valence-electron chi connectivity index (χ4n) is 13.5. The third kappa shape index (κ3) is 79.9. The number of hydrogen-bond donors (Lipinski definition) is 3. The lowest BCUT2D eigenvalue weighted by atomic mass is 10.0. The first-order valence-corrected chi connectivity index (χ1v) is 47.6. The molecular formula is C86H168O17P2. The third-order valence-electron chi connectivity index (χ3n) is 20.3. The minimum absolute atomic E-state index is 0.109. The zero-order valence-electron chi connectivity index (χ0n) is 68.9. The monoisotopic (exact) mass is 1540 g/mol. The Hall–Kier alpha value is -1.94. The number of carbonyl (C=O) groups is 4. The maximum atomic E-state index is 13.1. The highest BCUT2D eigenvalue weighted by molar-refractivity contribution is 7.47. The van der Waals surface area contributed by atoms with E-state index in [2.05, 4.69) is 34.6 Å². The van der Waals surface area contributed by atoms with Gasteiger partial charge in [0.2, 0.25) is 0 Å². The van der Waals surface area contributed by atoms with Gasteiger partial charge in [0.25, 0.3) is 0 Å². The summed E-state index contributed by atoms with van der Waals surface area (Å²) < 4.78 is 68.9. The van der Waals surface area contributed by atoms with Crippen molar-refractivity contribution in [3.05, 3.63) is 0 Å². The molecule has 19 heteroatoms. The van der Waals surface area contributed by atoms with Crippen molar-refractivity contribution in [1.82, 2.24) is 0 Å². The standard InChI is InChI=1S/C86H168O17P2/c1-6-9-12-15-18-21-24-27-29-30-31-32-37-40-45-50-55-60-65-70-84(89)97-76-82(103-86(91)72-67-62-57-52-47-42-38-34-33-36-39-43-48-53-58-63-68-79(4)5)78-101-105(94,95)99-74-80(87)73-98-104(92,93)100-77-81(75-96-83(88)69-64-59-54-49-44-26-23-20-17-14-11-8-3)102-85(90)71-66-61-56-51-46-41-35-28-25-22-19-16-13-10-7-2/h79-82,87H,6-78H2,1-5H3,(H,92,93)(H,94,95)/t80-,81+,82+/m0/s1. The van der Waals surface area contributed by atoms with Gasteiger partial charge in [-0.3, -0.25) is 37.3 Å². The van der Waals surface area contributed by atoms with E-state index in [9.17, 15) is 43.2 Å². The number of aliphatic hydroxyl groups excluding tert-OH is 1. The molecule has 0 heterocycles. The van der Waals surface area contributed by atoms with E-state index in [1.54, 1.807) is 0 Å². The SMILES string of the molecule is CCCCCCCCCCCCCCCCCCCCCC(=O)OC[C@H](COP(=O)(O)OC[C@@H](O)COP(=O)(O)OC[C@@H](COC(=O)CCCCCCCCCCCCCC)OC(=O)CCCCCCCCCCCCCCCCC)OC(=O)CCCCCCCCCCCCCCCCCCC(C)C. The normalized spacial score (nSPS) is 13.8. The van der Waals surface area contributed by atoms with Gasteiger partial charge in [-0.25, -0.2) is 9.13 Å². The van der Waals surface area contributed by atoms with E-state index in [0.717, 1.165) is 95.8 Å². The summed E-state index contributed by atoms with van der Waals surface area (Å²) >= 11 is 0. The second-order valence-electron chi connectivity index (χ2n) is 31.4. The summed E-state index contributed by atoms with van der Waals surface area (Å²) in [7, 11) is -9.93. The van der Waals surface area contributed by atoms with E-state index in [-0.39, 0.29) is 25.7 Å². The van der Waals surface area contributed by atoms with Crippen molar-refractivity contribution < 1.29 is 80.2 Å². The van der Waals surface area contributed by atoms with Gasteiger partial charge in [-0.1, -0.05) is 413 Å². The Morgan fingerprint density at radius 1 is 0.257 bits per heavy atom. The number of hydrogen-bond acceptors (Lipinski definition) is 15. The van der Waals surface area contributed by atoms with Crippen molar-refractivity contribution in [2.75, 3.05) is 39.6 Å². The van der Waals surface area contributed by atoms with Crippen molar-refractivity contribution in [2.24, 2.45) is 5.92 Å².